The minimum Gasteiger partial charge on any atom is -0.356 e. The zero-order valence-electron chi connectivity index (χ0n) is 18.8. The fourth-order valence-electron chi connectivity index (χ4n) is 5.60. The van der Waals surface area contributed by atoms with Crippen LogP contribution in [-0.4, -0.2) is 22.5 Å². The Hall–Kier alpha value is -3.60. The molecule has 0 radical (unpaired) electrons. The van der Waals surface area contributed by atoms with Crippen LogP contribution in [0.5, 0.6) is 0 Å². The Morgan fingerprint density at radius 1 is 1.03 bits per heavy atom. The van der Waals surface area contributed by atoms with Crippen molar-refractivity contribution in [3.63, 3.8) is 0 Å². The molecule has 6 rings (SSSR count). The Kier molecular flexibility index (Phi) is 4.37. The largest absolute Gasteiger partial charge is 0.356 e. The third kappa shape index (κ3) is 3.22. The van der Waals surface area contributed by atoms with E-state index in [0.717, 1.165) is 40.9 Å². The van der Waals surface area contributed by atoms with Crippen molar-refractivity contribution in [3.05, 3.63) is 100 Å². The van der Waals surface area contributed by atoms with Gasteiger partial charge in [0.15, 0.2) is 0 Å². The summed E-state index contributed by atoms with van der Waals surface area (Å²) < 4.78 is 15.1. The van der Waals surface area contributed by atoms with Gasteiger partial charge in [-0.15, -0.1) is 0 Å². The number of nitrogens with zero attached hydrogens (tertiary/aromatic N) is 1. The first kappa shape index (κ1) is 20.0. The molecule has 3 aromatic carbocycles. The number of hydrogen-bond acceptors (Lipinski definition) is 1. The third-order valence-electron chi connectivity index (χ3n) is 7.11. The minimum atomic E-state index is -0.522. The second-order valence-electron chi connectivity index (χ2n) is 9.60. The first-order chi connectivity index (χ1) is 15.9. The molecule has 1 aromatic heterocycles. The molecule has 1 aliphatic carbocycles. The van der Waals surface area contributed by atoms with E-state index < -0.39 is 6.04 Å². The van der Waals surface area contributed by atoms with Crippen LogP contribution in [0.25, 0.3) is 10.9 Å². The van der Waals surface area contributed by atoms with Gasteiger partial charge in [-0.1, -0.05) is 42.5 Å². The van der Waals surface area contributed by atoms with Gasteiger partial charge in [-0.2, -0.15) is 0 Å². The van der Waals surface area contributed by atoms with E-state index in [1.165, 1.54) is 17.0 Å². The predicted octanol–water partition coefficient (Wildman–Crippen LogP) is 6.59. The molecule has 4 aromatic rings. The van der Waals surface area contributed by atoms with E-state index in [4.69, 9.17) is 0 Å². The fourth-order valence-corrected chi connectivity index (χ4v) is 5.60. The summed E-state index contributed by atoms with van der Waals surface area (Å²) in [4.78, 5) is 19.1. The molecule has 166 valence electrons. The molecule has 1 aliphatic heterocycles. The molecular weight excluding hydrogens is 413 g/mol. The van der Waals surface area contributed by atoms with Gasteiger partial charge in [0.2, 0.25) is 0 Å². The van der Waals surface area contributed by atoms with E-state index in [-0.39, 0.29) is 17.3 Å². The highest BCUT2D eigenvalue weighted by Crippen LogP contribution is 2.58. The van der Waals surface area contributed by atoms with Crippen molar-refractivity contribution >= 4 is 22.6 Å². The van der Waals surface area contributed by atoms with Crippen LogP contribution in [0.2, 0.25) is 0 Å². The van der Waals surface area contributed by atoms with Crippen LogP contribution in [0, 0.1) is 19.7 Å². The highest BCUT2D eigenvalue weighted by molar-refractivity contribution is 5.92. The number of hydrogen-bond donors (Lipinski definition) is 2. The van der Waals surface area contributed by atoms with E-state index >= 15 is 4.39 Å². The maximum atomic E-state index is 15.1. The second kappa shape index (κ2) is 7.20. The zero-order valence-corrected chi connectivity index (χ0v) is 18.8. The molecule has 2 N–H and O–H groups in total. The van der Waals surface area contributed by atoms with Gasteiger partial charge in [0, 0.05) is 39.8 Å². The fraction of sp³-hybridized carbons (Fsp3) is 0.250. The molecular formula is C28H26FN3O. The number of nitrogens with one attached hydrogen (secondary N) is 2. The highest BCUT2D eigenvalue weighted by Gasteiger charge is 2.55. The van der Waals surface area contributed by atoms with Crippen LogP contribution >= 0.6 is 0 Å². The average molecular weight is 440 g/mol. The van der Waals surface area contributed by atoms with Gasteiger partial charge in [-0.25, -0.2) is 9.18 Å². The van der Waals surface area contributed by atoms with E-state index in [0.29, 0.717) is 12.1 Å². The normalized spacial score (nSPS) is 18.4. The number of H-pyrrole nitrogens is 1. The van der Waals surface area contributed by atoms with E-state index in [2.05, 4.69) is 28.5 Å². The van der Waals surface area contributed by atoms with Crippen LogP contribution in [0.3, 0.4) is 0 Å². The van der Waals surface area contributed by atoms with Crippen molar-refractivity contribution in [3.8, 4) is 0 Å². The smallest absolute Gasteiger partial charge is 0.322 e. The van der Waals surface area contributed by atoms with Crippen molar-refractivity contribution in [1.82, 2.24) is 9.88 Å². The summed E-state index contributed by atoms with van der Waals surface area (Å²) in [6, 6.07) is 20.3. The molecule has 33 heavy (non-hydrogen) atoms. The number of carbonyl (C=O) groups is 1. The molecule has 0 bridgehead atoms. The lowest BCUT2D eigenvalue weighted by atomic mass is 9.83. The number of aromatic amines is 1. The quantitative estimate of drug-likeness (QED) is 0.364. The molecule has 1 atom stereocenters. The number of carbonyl (C=O) groups excluding carboxylic acids is 1. The molecule has 5 heteroatoms. The monoisotopic (exact) mass is 439 g/mol. The van der Waals surface area contributed by atoms with Crippen molar-refractivity contribution < 1.29 is 9.18 Å². The van der Waals surface area contributed by atoms with Crippen molar-refractivity contribution in [2.45, 2.75) is 38.1 Å². The van der Waals surface area contributed by atoms with Gasteiger partial charge >= 0.3 is 6.03 Å². The Morgan fingerprint density at radius 2 is 1.73 bits per heavy atom. The predicted molar refractivity (Wildman–Crippen MR) is 129 cm³/mol. The maximum Gasteiger partial charge on any atom is 0.322 e. The molecule has 2 aliphatic rings. The number of para-hydroxylation sites is 1. The van der Waals surface area contributed by atoms with Crippen LogP contribution in [0.4, 0.5) is 14.9 Å². The third-order valence-corrected chi connectivity index (χ3v) is 7.11. The van der Waals surface area contributed by atoms with E-state index in [1.54, 1.807) is 12.1 Å². The van der Waals surface area contributed by atoms with Crippen LogP contribution < -0.4 is 5.32 Å². The first-order valence-corrected chi connectivity index (χ1v) is 11.5. The number of rotatable bonds is 2. The summed E-state index contributed by atoms with van der Waals surface area (Å²) in [5, 5.41) is 4.27. The zero-order chi connectivity index (χ0) is 22.7. The number of aromatic nitrogens is 1. The Morgan fingerprint density at radius 3 is 2.45 bits per heavy atom. The number of halogens is 1. The lowest BCUT2D eigenvalue weighted by molar-refractivity contribution is 0.180. The molecule has 1 unspecified atom stereocenters. The van der Waals surface area contributed by atoms with Gasteiger partial charge < -0.3 is 15.2 Å². The summed E-state index contributed by atoms with van der Waals surface area (Å²) in [5.74, 6) is -0.303. The number of benzene rings is 3. The maximum absolute atomic E-state index is 15.1. The lowest BCUT2D eigenvalue weighted by Crippen LogP contribution is -2.47. The van der Waals surface area contributed by atoms with E-state index in [1.807, 2.05) is 49.1 Å². The van der Waals surface area contributed by atoms with Gasteiger partial charge in [-0.3, -0.25) is 0 Å². The van der Waals surface area contributed by atoms with Crippen molar-refractivity contribution in [2.75, 3.05) is 11.9 Å². The standard InChI is InChI=1S/C28H26FN3O/c1-17-13-18(2)15-19(14-17)30-27(33)32-16-28(11-12-28)24-21-8-4-6-10-23(21)31-25(24)26(32)20-7-3-5-9-22(20)29/h3-10,13-15,26,31H,11-12,16H2,1-2H3,(H,30,33). The Balaban J connectivity index is 1.50. The SMILES string of the molecule is Cc1cc(C)cc(NC(=O)N2CC3(CC3)c3c([nH]c4ccccc34)C2c2ccccc2F)c1. The number of urea groups is 1. The van der Waals surface area contributed by atoms with Crippen LogP contribution in [0.15, 0.2) is 66.7 Å². The van der Waals surface area contributed by atoms with Gasteiger partial charge in [0.05, 0.1) is 0 Å². The van der Waals surface area contributed by atoms with Crippen molar-refractivity contribution in [2.24, 2.45) is 0 Å². The summed E-state index contributed by atoms with van der Waals surface area (Å²) in [6.07, 6.45) is 2.05. The van der Waals surface area contributed by atoms with Gasteiger partial charge in [0.1, 0.15) is 11.9 Å². The van der Waals surface area contributed by atoms with E-state index in [9.17, 15) is 4.79 Å². The molecule has 1 saturated carbocycles. The molecule has 1 fully saturated rings. The number of fused-ring (bicyclic) bond motifs is 4. The van der Waals surface area contributed by atoms with Gasteiger partial charge in [0.25, 0.3) is 0 Å². The second-order valence-corrected chi connectivity index (χ2v) is 9.60. The number of aryl methyl sites for hydroxylation is 2. The Bertz CT molecular complexity index is 1380. The summed E-state index contributed by atoms with van der Waals surface area (Å²) in [6.45, 7) is 4.60. The summed E-state index contributed by atoms with van der Waals surface area (Å²) in [7, 11) is 0. The summed E-state index contributed by atoms with van der Waals surface area (Å²) >= 11 is 0. The molecule has 1 spiro atoms. The Labute approximate surface area is 192 Å². The molecule has 2 amide bonds. The number of anilines is 1. The number of amides is 2. The molecule has 4 nitrogen and oxygen atoms in total. The average Bonchev–Trinajstić information content (AvgIpc) is 3.42. The topological polar surface area (TPSA) is 48.1 Å². The highest BCUT2D eigenvalue weighted by atomic mass is 19.1. The molecule has 2 heterocycles. The first-order valence-electron chi connectivity index (χ1n) is 11.5. The summed E-state index contributed by atoms with van der Waals surface area (Å²) in [5.41, 5.74) is 6.59. The van der Waals surface area contributed by atoms with Crippen LogP contribution in [-0.2, 0) is 5.41 Å². The van der Waals surface area contributed by atoms with Gasteiger partial charge in [-0.05, 0) is 67.6 Å². The minimum absolute atomic E-state index is 0.0729. The van der Waals surface area contributed by atoms with Crippen LogP contribution in [0.1, 0.15) is 46.8 Å². The van der Waals surface area contributed by atoms with Crippen molar-refractivity contribution in [1.29, 1.82) is 0 Å². The lowest BCUT2D eigenvalue weighted by Gasteiger charge is -2.40. The molecule has 0 saturated heterocycles.